The zero-order chi connectivity index (χ0) is 16.8. The lowest BCUT2D eigenvalue weighted by Crippen LogP contribution is -2.19. The number of pyridine rings is 1. The molecule has 6 nitrogen and oxygen atoms in total. The zero-order valence-electron chi connectivity index (χ0n) is 12.3. The van der Waals surface area contributed by atoms with E-state index in [1.807, 2.05) is 18.3 Å². The first-order chi connectivity index (χ1) is 11.6. The fraction of sp³-hybridized carbons (Fsp3) is 0.250. The molecular formula is C16H12ClN3O3S. The summed E-state index contributed by atoms with van der Waals surface area (Å²) in [4.78, 5) is 32.6. The van der Waals surface area contributed by atoms with Gasteiger partial charge in [0.1, 0.15) is 5.02 Å². The van der Waals surface area contributed by atoms with Gasteiger partial charge in [0.15, 0.2) is 4.96 Å². The van der Waals surface area contributed by atoms with E-state index in [0.717, 1.165) is 12.0 Å². The quantitative estimate of drug-likeness (QED) is 0.772. The van der Waals surface area contributed by atoms with E-state index in [4.69, 9.17) is 16.7 Å². The lowest BCUT2D eigenvalue weighted by Gasteiger charge is -2.05. The van der Waals surface area contributed by atoms with Crippen molar-refractivity contribution in [2.45, 2.75) is 24.7 Å². The van der Waals surface area contributed by atoms with Crippen LogP contribution in [0.25, 0.3) is 4.96 Å². The highest BCUT2D eigenvalue weighted by molar-refractivity contribution is 7.15. The maximum Gasteiger partial charge on any atom is 0.309 e. The summed E-state index contributed by atoms with van der Waals surface area (Å²) in [5, 5.41) is 10.7. The molecule has 0 bridgehead atoms. The number of hydrogen-bond acceptors (Lipinski definition) is 5. The van der Waals surface area contributed by atoms with E-state index >= 15 is 0 Å². The van der Waals surface area contributed by atoms with Crippen LogP contribution in [0.4, 0.5) is 0 Å². The number of carbonyl (C=O) groups is 1. The minimum absolute atomic E-state index is 0.0777. The van der Waals surface area contributed by atoms with E-state index in [-0.39, 0.29) is 23.3 Å². The fourth-order valence-corrected chi connectivity index (χ4v) is 4.14. The normalized spacial score (nSPS) is 19.5. The van der Waals surface area contributed by atoms with E-state index in [0.29, 0.717) is 16.3 Å². The number of nitrogens with zero attached hydrogens (tertiary/aromatic N) is 3. The Balaban J connectivity index is 1.75. The van der Waals surface area contributed by atoms with E-state index in [9.17, 15) is 9.59 Å². The van der Waals surface area contributed by atoms with Crippen molar-refractivity contribution >= 4 is 33.9 Å². The summed E-state index contributed by atoms with van der Waals surface area (Å²) in [5.41, 5.74) is 1.71. The van der Waals surface area contributed by atoms with E-state index in [2.05, 4.69) is 9.97 Å². The molecule has 1 fully saturated rings. The van der Waals surface area contributed by atoms with Gasteiger partial charge >= 0.3 is 5.97 Å². The minimum atomic E-state index is -0.999. The van der Waals surface area contributed by atoms with Crippen LogP contribution in [0.15, 0.2) is 34.7 Å². The van der Waals surface area contributed by atoms with Crippen molar-refractivity contribution in [1.82, 2.24) is 14.4 Å². The summed E-state index contributed by atoms with van der Waals surface area (Å²) < 4.78 is 1.30. The molecule has 0 aromatic carbocycles. The smallest absolute Gasteiger partial charge is 0.309 e. The van der Waals surface area contributed by atoms with Gasteiger partial charge in [-0.2, -0.15) is 0 Å². The van der Waals surface area contributed by atoms with Gasteiger partial charge in [-0.25, -0.2) is 4.98 Å². The highest BCUT2D eigenvalue weighted by Crippen LogP contribution is 2.55. The van der Waals surface area contributed by atoms with Crippen LogP contribution >= 0.6 is 22.9 Å². The van der Waals surface area contributed by atoms with Gasteiger partial charge in [-0.15, -0.1) is 11.3 Å². The van der Waals surface area contributed by atoms with Crippen molar-refractivity contribution in [2.24, 2.45) is 0 Å². The fourth-order valence-electron chi connectivity index (χ4n) is 2.98. The number of carboxylic acid groups (broad SMARTS) is 1. The van der Waals surface area contributed by atoms with Crippen LogP contribution < -0.4 is 5.56 Å². The Morgan fingerprint density at radius 3 is 3.00 bits per heavy atom. The number of rotatable bonds is 4. The van der Waals surface area contributed by atoms with E-state index in [1.54, 1.807) is 11.6 Å². The number of fused-ring (bicyclic) bond motifs is 1. The number of hydrogen-bond donors (Lipinski definition) is 1. The van der Waals surface area contributed by atoms with Crippen LogP contribution in [0.3, 0.4) is 0 Å². The standard InChI is InChI=1S/C16H12ClN3O3S/c17-13-14(11-5-10(11)8-2-1-3-18-6-8)19-16-20(15(13)23)9(7-24-16)4-12(21)22/h1-3,6-7,10-11H,4-5H2,(H,21,22). The Hall–Kier alpha value is -2.25. The molecule has 24 heavy (non-hydrogen) atoms. The van der Waals surface area contributed by atoms with Crippen molar-refractivity contribution in [3.8, 4) is 0 Å². The molecule has 8 heteroatoms. The average Bonchev–Trinajstić information content (AvgIpc) is 3.27. The lowest BCUT2D eigenvalue weighted by atomic mass is 10.1. The number of carboxylic acids is 1. The molecule has 1 saturated carbocycles. The highest BCUT2D eigenvalue weighted by atomic mass is 35.5. The first kappa shape index (κ1) is 15.3. The second kappa shape index (κ2) is 5.68. The summed E-state index contributed by atoms with van der Waals surface area (Å²) in [6.45, 7) is 0. The first-order valence-corrected chi connectivity index (χ1v) is 8.62. The van der Waals surface area contributed by atoms with Gasteiger partial charge in [0.2, 0.25) is 0 Å². The molecule has 3 heterocycles. The van der Waals surface area contributed by atoms with Crippen LogP contribution in [-0.2, 0) is 11.2 Å². The van der Waals surface area contributed by atoms with Gasteiger partial charge in [0.25, 0.3) is 5.56 Å². The van der Waals surface area contributed by atoms with Gasteiger partial charge in [-0.1, -0.05) is 17.7 Å². The molecule has 122 valence electrons. The van der Waals surface area contributed by atoms with Gasteiger partial charge in [0.05, 0.1) is 12.1 Å². The van der Waals surface area contributed by atoms with Crippen molar-refractivity contribution in [2.75, 3.05) is 0 Å². The van der Waals surface area contributed by atoms with Gasteiger partial charge in [-0.3, -0.25) is 19.0 Å². The molecule has 1 aliphatic carbocycles. The first-order valence-electron chi connectivity index (χ1n) is 7.36. The molecule has 1 aliphatic rings. The van der Waals surface area contributed by atoms with E-state index in [1.165, 1.54) is 15.7 Å². The molecule has 0 radical (unpaired) electrons. The van der Waals surface area contributed by atoms with Crippen molar-refractivity contribution < 1.29 is 9.90 Å². The number of aliphatic carboxylic acids is 1. The van der Waals surface area contributed by atoms with Crippen LogP contribution in [0, 0.1) is 0 Å². The van der Waals surface area contributed by atoms with Crippen LogP contribution in [-0.4, -0.2) is 25.4 Å². The van der Waals surface area contributed by atoms with Crippen molar-refractivity contribution in [1.29, 1.82) is 0 Å². The summed E-state index contributed by atoms with van der Waals surface area (Å²) in [6.07, 6.45) is 4.18. The summed E-state index contributed by atoms with van der Waals surface area (Å²) in [7, 11) is 0. The third-order valence-electron chi connectivity index (χ3n) is 4.20. The molecule has 0 aliphatic heterocycles. The molecule has 3 aromatic heterocycles. The molecule has 4 rings (SSSR count). The minimum Gasteiger partial charge on any atom is -0.481 e. The molecule has 3 aromatic rings. The molecular weight excluding hydrogens is 350 g/mol. The molecule has 2 atom stereocenters. The Morgan fingerprint density at radius 2 is 2.29 bits per heavy atom. The van der Waals surface area contributed by atoms with Crippen molar-refractivity contribution in [3.63, 3.8) is 0 Å². The number of halogens is 1. The average molecular weight is 362 g/mol. The number of thiazole rings is 1. The van der Waals surface area contributed by atoms with Gasteiger partial charge < -0.3 is 5.11 Å². The van der Waals surface area contributed by atoms with E-state index < -0.39 is 11.5 Å². The lowest BCUT2D eigenvalue weighted by molar-refractivity contribution is -0.136. The van der Waals surface area contributed by atoms with Gasteiger partial charge in [-0.05, 0) is 24.0 Å². The topological polar surface area (TPSA) is 84.6 Å². The molecule has 1 N–H and O–H groups in total. The SMILES string of the molecule is O=C(O)Cc1csc2nc(C3CC3c3cccnc3)c(Cl)c(=O)n12. The second-order valence-electron chi connectivity index (χ2n) is 5.77. The van der Waals surface area contributed by atoms with Crippen molar-refractivity contribution in [3.05, 3.63) is 62.2 Å². The Labute approximate surface area is 145 Å². The summed E-state index contributed by atoms with van der Waals surface area (Å²) >= 11 is 7.52. The predicted octanol–water partition coefficient (Wildman–Crippen LogP) is 2.70. The zero-order valence-corrected chi connectivity index (χ0v) is 13.9. The number of aromatic nitrogens is 3. The Morgan fingerprint density at radius 1 is 1.46 bits per heavy atom. The van der Waals surface area contributed by atoms with Crippen LogP contribution in [0.2, 0.25) is 5.02 Å². The predicted molar refractivity (Wildman–Crippen MR) is 90.0 cm³/mol. The molecule has 2 unspecified atom stereocenters. The Kier molecular flexibility index (Phi) is 3.62. The third kappa shape index (κ3) is 2.50. The Bertz CT molecular complexity index is 999. The maximum atomic E-state index is 12.6. The summed E-state index contributed by atoms with van der Waals surface area (Å²) in [5.74, 6) is -0.631. The molecule has 0 amide bonds. The molecule has 0 saturated heterocycles. The second-order valence-corrected chi connectivity index (χ2v) is 6.98. The maximum absolute atomic E-state index is 12.6. The van der Waals surface area contributed by atoms with Crippen LogP contribution in [0.5, 0.6) is 0 Å². The van der Waals surface area contributed by atoms with Gasteiger partial charge in [0, 0.05) is 29.4 Å². The monoisotopic (exact) mass is 361 g/mol. The molecule has 0 spiro atoms. The van der Waals surface area contributed by atoms with Crippen LogP contribution in [0.1, 0.15) is 35.2 Å². The largest absolute Gasteiger partial charge is 0.481 e. The third-order valence-corrected chi connectivity index (χ3v) is 5.43. The highest BCUT2D eigenvalue weighted by Gasteiger charge is 2.42. The summed E-state index contributed by atoms with van der Waals surface area (Å²) in [6, 6.07) is 3.89.